The number of rotatable bonds is 5. The van der Waals surface area contributed by atoms with Crippen molar-refractivity contribution in [2.75, 3.05) is 27.2 Å². The zero-order valence-electron chi connectivity index (χ0n) is 13.0. The molecule has 0 aliphatic carbocycles. The van der Waals surface area contributed by atoms with Crippen molar-refractivity contribution in [2.24, 2.45) is 0 Å². The van der Waals surface area contributed by atoms with Gasteiger partial charge in [0.2, 0.25) is 0 Å². The first-order valence-corrected chi connectivity index (χ1v) is 7.40. The predicted octanol–water partition coefficient (Wildman–Crippen LogP) is 1.67. The lowest BCUT2D eigenvalue weighted by molar-refractivity contribution is -0.139. The summed E-state index contributed by atoms with van der Waals surface area (Å²) < 4.78 is 10.8. The molecule has 1 aromatic carbocycles. The summed E-state index contributed by atoms with van der Waals surface area (Å²) in [6, 6.07) is 7.66. The van der Waals surface area contributed by atoms with E-state index in [9.17, 15) is 4.79 Å². The highest BCUT2D eigenvalue weighted by Gasteiger charge is 2.27. The van der Waals surface area contributed by atoms with Gasteiger partial charge in [0.05, 0.1) is 7.11 Å². The highest BCUT2D eigenvalue weighted by atomic mass is 16.5. The van der Waals surface area contributed by atoms with E-state index in [2.05, 4.69) is 5.32 Å². The van der Waals surface area contributed by atoms with Crippen LogP contribution in [0.3, 0.4) is 0 Å². The van der Waals surface area contributed by atoms with Gasteiger partial charge in [0.25, 0.3) is 5.91 Å². The summed E-state index contributed by atoms with van der Waals surface area (Å²) >= 11 is 0. The summed E-state index contributed by atoms with van der Waals surface area (Å²) in [6.45, 7) is 3.37. The van der Waals surface area contributed by atoms with E-state index in [4.69, 9.17) is 9.47 Å². The molecule has 1 aliphatic heterocycles. The molecule has 5 nitrogen and oxygen atoms in total. The number of amides is 1. The van der Waals surface area contributed by atoms with E-state index in [-0.39, 0.29) is 5.91 Å². The number of ether oxygens (including phenoxy) is 2. The van der Waals surface area contributed by atoms with Crippen LogP contribution >= 0.6 is 0 Å². The molecule has 0 saturated carbocycles. The number of nitrogens with zero attached hydrogens (tertiary/aromatic N) is 1. The van der Waals surface area contributed by atoms with Crippen LogP contribution in [0.25, 0.3) is 0 Å². The van der Waals surface area contributed by atoms with E-state index in [0.717, 1.165) is 31.7 Å². The lowest BCUT2D eigenvalue weighted by Gasteiger charge is -2.34. The molecule has 0 aromatic heterocycles. The van der Waals surface area contributed by atoms with E-state index in [0.29, 0.717) is 11.8 Å². The van der Waals surface area contributed by atoms with E-state index >= 15 is 0 Å². The average molecular weight is 292 g/mol. The Morgan fingerprint density at radius 1 is 1.33 bits per heavy atom. The van der Waals surface area contributed by atoms with Crippen LogP contribution in [0.15, 0.2) is 24.3 Å². The Labute approximate surface area is 126 Å². The Bertz CT molecular complexity index is 461. The molecule has 1 N–H and O–H groups in total. The third kappa shape index (κ3) is 4.11. The average Bonchev–Trinajstić information content (AvgIpc) is 2.54. The second-order valence-corrected chi connectivity index (χ2v) is 5.35. The number of hydrogen-bond donors (Lipinski definition) is 1. The number of piperidine rings is 1. The Hall–Kier alpha value is -1.75. The van der Waals surface area contributed by atoms with Gasteiger partial charge in [-0.05, 0) is 51.1 Å². The van der Waals surface area contributed by atoms with Crippen molar-refractivity contribution in [3.8, 4) is 11.5 Å². The van der Waals surface area contributed by atoms with Crippen molar-refractivity contribution in [2.45, 2.75) is 31.9 Å². The summed E-state index contributed by atoms with van der Waals surface area (Å²) in [5.41, 5.74) is 0. The van der Waals surface area contributed by atoms with Gasteiger partial charge in [-0.3, -0.25) is 4.79 Å². The third-order valence-electron chi connectivity index (χ3n) is 3.86. The SMILES string of the molecule is CNC1CCCN(C(=O)C(C)Oc2ccc(OC)cc2)C1. The normalized spacial score (nSPS) is 20.0. The van der Waals surface area contributed by atoms with Gasteiger partial charge in [-0.15, -0.1) is 0 Å². The van der Waals surface area contributed by atoms with Crippen LogP contribution in [0.4, 0.5) is 0 Å². The number of likely N-dealkylation sites (N-methyl/N-ethyl adjacent to an activating group) is 1. The van der Waals surface area contributed by atoms with Gasteiger partial charge in [-0.1, -0.05) is 0 Å². The maximum Gasteiger partial charge on any atom is 0.263 e. The zero-order chi connectivity index (χ0) is 15.2. The summed E-state index contributed by atoms with van der Waals surface area (Å²) in [6.07, 6.45) is 1.68. The monoisotopic (exact) mass is 292 g/mol. The highest BCUT2D eigenvalue weighted by Crippen LogP contribution is 2.19. The van der Waals surface area contributed by atoms with Crippen LogP contribution in [0.2, 0.25) is 0 Å². The predicted molar refractivity (Wildman–Crippen MR) is 81.7 cm³/mol. The molecular formula is C16H24N2O3. The summed E-state index contributed by atoms with van der Waals surface area (Å²) in [5.74, 6) is 1.50. The molecule has 116 valence electrons. The molecule has 1 aromatic rings. The van der Waals surface area contributed by atoms with Crippen molar-refractivity contribution in [1.82, 2.24) is 10.2 Å². The standard InChI is InChI=1S/C16H24N2O3/c1-12(21-15-8-6-14(20-3)7-9-15)16(19)18-10-4-5-13(11-18)17-2/h6-9,12-13,17H,4-5,10-11H2,1-3H3. The number of carbonyl (C=O) groups excluding carboxylic acids is 1. The fraction of sp³-hybridized carbons (Fsp3) is 0.562. The van der Waals surface area contributed by atoms with E-state index in [1.54, 1.807) is 14.0 Å². The molecular weight excluding hydrogens is 268 g/mol. The van der Waals surface area contributed by atoms with Gasteiger partial charge < -0.3 is 19.7 Å². The van der Waals surface area contributed by atoms with Crippen LogP contribution in [-0.4, -0.2) is 50.2 Å². The van der Waals surface area contributed by atoms with Gasteiger partial charge in [0, 0.05) is 19.1 Å². The first-order valence-electron chi connectivity index (χ1n) is 7.40. The molecule has 1 amide bonds. The molecule has 2 unspecified atom stereocenters. The summed E-state index contributed by atoms with van der Waals surface area (Å²) in [5, 5.41) is 3.24. The first kappa shape index (κ1) is 15.6. The Morgan fingerprint density at radius 2 is 2.00 bits per heavy atom. The molecule has 1 saturated heterocycles. The van der Waals surface area contributed by atoms with Crippen molar-refractivity contribution >= 4 is 5.91 Å². The smallest absolute Gasteiger partial charge is 0.263 e. The Balaban J connectivity index is 1.92. The molecule has 1 aliphatic rings. The van der Waals surface area contributed by atoms with Gasteiger partial charge in [0.15, 0.2) is 6.10 Å². The second-order valence-electron chi connectivity index (χ2n) is 5.35. The van der Waals surface area contributed by atoms with Gasteiger partial charge in [-0.25, -0.2) is 0 Å². The van der Waals surface area contributed by atoms with Crippen molar-refractivity contribution < 1.29 is 14.3 Å². The van der Waals surface area contributed by atoms with Gasteiger partial charge in [0.1, 0.15) is 11.5 Å². The lowest BCUT2D eigenvalue weighted by Crippen LogP contribution is -2.50. The van der Waals surface area contributed by atoms with Crippen LogP contribution < -0.4 is 14.8 Å². The fourth-order valence-corrected chi connectivity index (χ4v) is 2.58. The minimum absolute atomic E-state index is 0.0470. The van der Waals surface area contributed by atoms with Crippen molar-refractivity contribution in [1.29, 1.82) is 0 Å². The maximum atomic E-state index is 12.4. The minimum atomic E-state index is -0.478. The number of hydrogen-bond acceptors (Lipinski definition) is 4. The molecule has 0 bridgehead atoms. The highest BCUT2D eigenvalue weighted by molar-refractivity contribution is 5.81. The third-order valence-corrected chi connectivity index (χ3v) is 3.86. The quantitative estimate of drug-likeness (QED) is 0.897. The van der Waals surface area contributed by atoms with E-state index in [1.807, 2.05) is 36.2 Å². The molecule has 21 heavy (non-hydrogen) atoms. The topological polar surface area (TPSA) is 50.8 Å². The Kier molecular flexibility index (Phi) is 5.44. The van der Waals surface area contributed by atoms with Crippen LogP contribution in [0.5, 0.6) is 11.5 Å². The molecule has 1 fully saturated rings. The first-order chi connectivity index (χ1) is 10.1. The molecule has 1 heterocycles. The second kappa shape index (κ2) is 7.31. The maximum absolute atomic E-state index is 12.4. The molecule has 0 radical (unpaired) electrons. The van der Waals surface area contributed by atoms with Gasteiger partial charge in [-0.2, -0.15) is 0 Å². The zero-order valence-corrected chi connectivity index (χ0v) is 13.0. The molecule has 2 rings (SSSR count). The number of carbonyl (C=O) groups is 1. The molecule has 0 spiro atoms. The Morgan fingerprint density at radius 3 is 2.62 bits per heavy atom. The van der Waals surface area contributed by atoms with Crippen LogP contribution in [0.1, 0.15) is 19.8 Å². The van der Waals surface area contributed by atoms with E-state index in [1.165, 1.54) is 0 Å². The van der Waals surface area contributed by atoms with E-state index < -0.39 is 6.10 Å². The fourth-order valence-electron chi connectivity index (χ4n) is 2.58. The molecule has 2 atom stereocenters. The van der Waals surface area contributed by atoms with Crippen LogP contribution in [-0.2, 0) is 4.79 Å². The number of likely N-dealkylation sites (tertiary alicyclic amines) is 1. The van der Waals surface area contributed by atoms with Crippen LogP contribution in [0, 0.1) is 0 Å². The minimum Gasteiger partial charge on any atom is -0.497 e. The number of methoxy groups -OCH3 is 1. The van der Waals surface area contributed by atoms with Gasteiger partial charge >= 0.3 is 0 Å². The largest absolute Gasteiger partial charge is 0.497 e. The summed E-state index contributed by atoms with van der Waals surface area (Å²) in [7, 11) is 3.56. The number of nitrogens with one attached hydrogen (secondary N) is 1. The summed E-state index contributed by atoms with van der Waals surface area (Å²) in [4.78, 5) is 14.3. The van der Waals surface area contributed by atoms with Crippen molar-refractivity contribution in [3.63, 3.8) is 0 Å². The van der Waals surface area contributed by atoms with Crippen molar-refractivity contribution in [3.05, 3.63) is 24.3 Å². The lowest BCUT2D eigenvalue weighted by atomic mass is 10.1. The number of benzene rings is 1. The molecule has 5 heteroatoms.